The Morgan fingerprint density at radius 1 is 1.07 bits per heavy atom. The van der Waals surface area contributed by atoms with Crippen molar-refractivity contribution in [2.24, 2.45) is 5.73 Å². The van der Waals surface area contributed by atoms with Gasteiger partial charge in [0.15, 0.2) is 0 Å². The molecule has 1 atom stereocenters. The maximum absolute atomic E-state index is 13.3. The molecule has 1 amide bonds. The van der Waals surface area contributed by atoms with E-state index in [4.69, 9.17) is 20.3 Å². The Morgan fingerprint density at radius 3 is 2.29 bits per heavy atom. The van der Waals surface area contributed by atoms with Crippen molar-refractivity contribution in [1.29, 1.82) is 0 Å². The lowest BCUT2D eigenvalue weighted by atomic mass is 9.92. The van der Waals surface area contributed by atoms with Crippen molar-refractivity contribution in [3.63, 3.8) is 0 Å². The maximum Gasteiger partial charge on any atom is 0.395 e. The van der Waals surface area contributed by atoms with Crippen molar-refractivity contribution in [2.45, 2.75) is 31.4 Å². The summed E-state index contributed by atoms with van der Waals surface area (Å²) in [6, 6.07) is 5.43. The molecule has 28 heavy (non-hydrogen) atoms. The van der Waals surface area contributed by atoms with E-state index in [2.05, 4.69) is 5.32 Å². The summed E-state index contributed by atoms with van der Waals surface area (Å²) in [7, 11) is 0. The fourth-order valence-corrected chi connectivity index (χ4v) is 2.59. The summed E-state index contributed by atoms with van der Waals surface area (Å²) in [5.74, 6) is -1.98. The minimum absolute atomic E-state index is 0.0953. The number of amides is 1. The highest BCUT2D eigenvalue weighted by atomic mass is 19.4. The first kappa shape index (κ1) is 24.4. The molecule has 4 N–H and O–H groups in total. The monoisotopic (exact) mass is 406 g/mol. The largest absolute Gasteiger partial charge is 0.396 e. The zero-order valence-electron chi connectivity index (χ0n) is 15.8. The summed E-state index contributed by atoms with van der Waals surface area (Å²) in [6.07, 6.45) is -3.86. The predicted octanol–water partition coefficient (Wildman–Crippen LogP) is 2.22. The smallest absolute Gasteiger partial charge is 0.395 e. The van der Waals surface area contributed by atoms with Gasteiger partial charge >= 0.3 is 6.18 Å². The van der Waals surface area contributed by atoms with Crippen molar-refractivity contribution in [2.75, 3.05) is 46.1 Å². The molecule has 0 aliphatic carbocycles. The molecule has 1 aromatic rings. The number of ether oxygens (including phenoxy) is 2. The van der Waals surface area contributed by atoms with Crippen molar-refractivity contribution in [3.05, 3.63) is 35.4 Å². The van der Waals surface area contributed by atoms with Gasteiger partial charge in [0.05, 0.1) is 32.3 Å². The van der Waals surface area contributed by atoms with Crippen LogP contribution in [0.4, 0.5) is 13.2 Å². The van der Waals surface area contributed by atoms with Gasteiger partial charge in [-0.05, 0) is 30.5 Å². The summed E-state index contributed by atoms with van der Waals surface area (Å²) < 4.78 is 50.2. The van der Waals surface area contributed by atoms with Gasteiger partial charge in [-0.25, -0.2) is 0 Å². The third-order valence-corrected chi connectivity index (χ3v) is 4.04. The van der Waals surface area contributed by atoms with Crippen LogP contribution in [0.5, 0.6) is 0 Å². The van der Waals surface area contributed by atoms with Crippen LogP contribution in [0.3, 0.4) is 0 Å². The van der Waals surface area contributed by atoms with Crippen molar-refractivity contribution >= 4 is 5.91 Å². The first-order valence-corrected chi connectivity index (χ1v) is 9.31. The number of aliphatic hydroxyl groups is 1. The lowest BCUT2D eigenvalue weighted by Gasteiger charge is -2.21. The highest BCUT2D eigenvalue weighted by molar-refractivity contribution is 5.94. The molecule has 9 heteroatoms. The molecular formula is C19H29F3N2O4. The molecule has 0 aliphatic rings. The Labute approximate surface area is 163 Å². The van der Waals surface area contributed by atoms with Gasteiger partial charge in [-0.1, -0.05) is 18.6 Å². The Bertz CT molecular complexity index is 553. The molecular weight excluding hydrogens is 377 g/mol. The van der Waals surface area contributed by atoms with Gasteiger partial charge in [-0.2, -0.15) is 13.2 Å². The summed E-state index contributed by atoms with van der Waals surface area (Å²) in [5, 5.41) is 11.4. The first-order chi connectivity index (χ1) is 13.4. The van der Waals surface area contributed by atoms with Crippen LogP contribution in [-0.2, 0) is 9.47 Å². The van der Waals surface area contributed by atoms with Gasteiger partial charge < -0.3 is 25.6 Å². The molecule has 0 aromatic heterocycles. The molecule has 0 saturated heterocycles. The fourth-order valence-electron chi connectivity index (χ4n) is 2.59. The molecule has 160 valence electrons. The van der Waals surface area contributed by atoms with Gasteiger partial charge in [-0.15, -0.1) is 0 Å². The quantitative estimate of drug-likeness (QED) is 0.412. The number of rotatable bonds is 14. The number of halogens is 3. The Morgan fingerprint density at radius 2 is 1.71 bits per heavy atom. The lowest BCUT2D eigenvalue weighted by molar-refractivity contribution is -0.152. The van der Waals surface area contributed by atoms with Gasteiger partial charge in [-0.3, -0.25) is 4.79 Å². The number of carbonyl (C=O) groups is 1. The van der Waals surface area contributed by atoms with Crippen LogP contribution >= 0.6 is 0 Å². The standard InChI is InChI=1S/C19H29F3N2O4/c20-19(21,22)17(3-1-2-10-25)15-4-6-16(7-5-15)18(26)24-9-12-28-14-13-27-11-8-23/h4-7,17,25H,1-3,8-14,23H2,(H,24,26). The highest BCUT2D eigenvalue weighted by Gasteiger charge is 2.39. The van der Waals surface area contributed by atoms with E-state index >= 15 is 0 Å². The number of nitrogens with two attached hydrogens (primary N) is 1. The fraction of sp³-hybridized carbons (Fsp3) is 0.632. The van der Waals surface area contributed by atoms with Crippen LogP contribution in [0, 0.1) is 0 Å². The number of nitrogens with one attached hydrogen (secondary N) is 1. The second-order valence-corrected chi connectivity index (χ2v) is 6.20. The SMILES string of the molecule is NCCOCCOCCNC(=O)c1ccc(C(CCCCO)C(F)(F)F)cc1. The normalized spacial score (nSPS) is 12.8. The van der Waals surface area contributed by atoms with Gasteiger partial charge in [0, 0.05) is 25.3 Å². The van der Waals surface area contributed by atoms with Crippen molar-refractivity contribution in [3.8, 4) is 0 Å². The number of hydrogen-bond donors (Lipinski definition) is 3. The van der Waals surface area contributed by atoms with E-state index in [0.29, 0.717) is 39.4 Å². The van der Waals surface area contributed by atoms with Crippen molar-refractivity contribution < 1.29 is 32.5 Å². The summed E-state index contributed by atoms with van der Waals surface area (Å²) in [6.45, 7) is 2.17. The van der Waals surface area contributed by atoms with E-state index < -0.39 is 12.1 Å². The van der Waals surface area contributed by atoms with Crippen LogP contribution in [0.15, 0.2) is 24.3 Å². The number of benzene rings is 1. The average molecular weight is 406 g/mol. The third-order valence-electron chi connectivity index (χ3n) is 4.04. The molecule has 1 rings (SSSR count). The van der Waals surface area contributed by atoms with E-state index in [0.717, 1.165) is 0 Å². The summed E-state index contributed by atoms with van der Waals surface area (Å²) in [4.78, 5) is 12.1. The molecule has 1 aromatic carbocycles. The van der Waals surface area contributed by atoms with Gasteiger partial charge in [0.1, 0.15) is 0 Å². The molecule has 0 bridgehead atoms. The van der Waals surface area contributed by atoms with Crippen molar-refractivity contribution in [1.82, 2.24) is 5.32 Å². The van der Waals surface area contributed by atoms with E-state index in [-0.39, 0.29) is 43.0 Å². The topological polar surface area (TPSA) is 93.8 Å². The molecule has 0 fully saturated rings. The molecule has 0 heterocycles. The van der Waals surface area contributed by atoms with Crippen LogP contribution in [0.1, 0.15) is 41.1 Å². The minimum atomic E-state index is -4.37. The molecule has 0 saturated carbocycles. The minimum Gasteiger partial charge on any atom is -0.396 e. The van der Waals surface area contributed by atoms with E-state index in [9.17, 15) is 18.0 Å². The third kappa shape index (κ3) is 9.50. The zero-order chi connectivity index (χ0) is 20.8. The van der Waals surface area contributed by atoms with Crippen LogP contribution in [0.25, 0.3) is 0 Å². The van der Waals surface area contributed by atoms with Gasteiger partial charge in [0.25, 0.3) is 5.91 Å². The van der Waals surface area contributed by atoms with E-state index in [1.807, 2.05) is 0 Å². The molecule has 0 spiro atoms. The molecule has 0 radical (unpaired) electrons. The van der Waals surface area contributed by atoms with Crippen LogP contribution < -0.4 is 11.1 Å². The Kier molecular flexibility index (Phi) is 11.7. The van der Waals surface area contributed by atoms with E-state index in [1.54, 1.807) is 0 Å². The highest BCUT2D eigenvalue weighted by Crippen LogP contribution is 2.38. The predicted molar refractivity (Wildman–Crippen MR) is 99.2 cm³/mol. The molecule has 0 aliphatic heterocycles. The van der Waals surface area contributed by atoms with Crippen LogP contribution in [0.2, 0.25) is 0 Å². The second-order valence-electron chi connectivity index (χ2n) is 6.20. The second kappa shape index (κ2) is 13.5. The Balaban J connectivity index is 2.45. The maximum atomic E-state index is 13.3. The zero-order valence-corrected chi connectivity index (χ0v) is 15.8. The number of carbonyl (C=O) groups excluding carboxylic acids is 1. The number of unbranched alkanes of at least 4 members (excludes halogenated alkanes) is 1. The first-order valence-electron chi connectivity index (χ1n) is 9.31. The summed E-state index contributed by atoms with van der Waals surface area (Å²) >= 11 is 0. The van der Waals surface area contributed by atoms with E-state index in [1.165, 1.54) is 24.3 Å². The number of aliphatic hydroxyl groups excluding tert-OH is 1. The Hall–Kier alpha value is -1.68. The van der Waals surface area contributed by atoms with Gasteiger partial charge in [0.2, 0.25) is 0 Å². The molecule has 6 nitrogen and oxygen atoms in total. The number of alkyl halides is 3. The summed E-state index contributed by atoms with van der Waals surface area (Å²) in [5.41, 5.74) is 5.67. The van der Waals surface area contributed by atoms with Crippen LogP contribution in [-0.4, -0.2) is 63.3 Å². The average Bonchev–Trinajstić information content (AvgIpc) is 2.66. The molecule has 1 unspecified atom stereocenters. The number of hydrogen-bond acceptors (Lipinski definition) is 5. The lowest BCUT2D eigenvalue weighted by Crippen LogP contribution is -2.28.